The van der Waals surface area contributed by atoms with Crippen molar-refractivity contribution in [1.82, 2.24) is 4.98 Å². The van der Waals surface area contributed by atoms with E-state index in [1.54, 1.807) is 36.4 Å². The van der Waals surface area contributed by atoms with Gasteiger partial charge in [0.15, 0.2) is 11.5 Å². The molecular weight excluding hydrogens is 304 g/mol. The van der Waals surface area contributed by atoms with Crippen LogP contribution in [0, 0.1) is 11.3 Å². The second kappa shape index (κ2) is 5.82. The minimum Gasteiger partial charge on any atom is -0.504 e. The first kappa shape index (κ1) is 15.2. The highest BCUT2D eigenvalue weighted by Crippen LogP contribution is 2.35. The van der Waals surface area contributed by atoms with Gasteiger partial charge in [-0.15, -0.1) is 0 Å². The van der Waals surface area contributed by atoms with Gasteiger partial charge in [0.1, 0.15) is 17.5 Å². The quantitative estimate of drug-likeness (QED) is 0.424. The van der Waals surface area contributed by atoms with E-state index in [1.807, 2.05) is 6.07 Å². The van der Waals surface area contributed by atoms with E-state index in [4.69, 9.17) is 11.5 Å². The number of nitrogens with two attached hydrogens (primary N) is 2. The first-order valence-corrected chi connectivity index (χ1v) is 7.08. The number of pyridine rings is 1. The van der Waals surface area contributed by atoms with Crippen LogP contribution < -0.4 is 11.5 Å². The lowest BCUT2D eigenvalue weighted by molar-refractivity contribution is 0.404. The number of hydrogen-bond acceptors (Lipinski definition) is 6. The van der Waals surface area contributed by atoms with Crippen molar-refractivity contribution in [1.29, 1.82) is 5.26 Å². The molecule has 0 aliphatic rings. The van der Waals surface area contributed by atoms with E-state index in [9.17, 15) is 15.5 Å². The standard InChI is InChI=1S/C18H14N4O2/c19-9-14-13(11-3-6-16(23)17(24)7-11)8-15(22-18(14)21)10-1-4-12(20)5-2-10/h1-8,23-24H,20H2,(H2,21,22). The molecule has 0 bridgehead atoms. The summed E-state index contributed by atoms with van der Waals surface area (Å²) in [5.74, 6) is -0.423. The number of hydrogen-bond donors (Lipinski definition) is 4. The Morgan fingerprint density at radius 2 is 1.54 bits per heavy atom. The fraction of sp³-hybridized carbons (Fsp3) is 0. The molecule has 3 rings (SSSR count). The molecule has 0 spiro atoms. The van der Waals surface area contributed by atoms with E-state index in [1.165, 1.54) is 12.1 Å². The lowest BCUT2D eigenvalue weighted by Gasteiger charge is -2.11. The van der Waals surface area contributed by atoms with Crippen molar-refractivity contribution >= 4 is 11.5 Å². The lowest BCUT2D eigenvalue weighted by Crippen LogP contribution is -2.00. The highest BCUT2D eigenvalue weighted by atomic mass is 16.3. The molecule has 0 atom stereocenters. The Balaban J connectivity index is 2.22. The smallest absolute Gasteiger partial charge is 0.158 e. The van der Waals surface area contributed by atoms with Gasteiger partial charge in [-0.1, -0.05) is 18.2 Å². The van der Waals surface area contributed by atoms with Crippen molar-refractivity contribution < 1.29 is 10.2 Å². The van der Waals surface area contributed by atoms with Crippen molar-refractivity contribution in [3.8, 4) is 40.0 Å². The number of phenolic OH excluding ortho intramolecular Hbond substituents is 2. The zero-order valence-electron chi connectivity index (χ0n) is 12.6. The molecule has 3 aromatic rings. The second-order valence-corrected chi connectivity index (χ2v) is 5.25. The molecule has 0 saturated heterocycles. The lowest BCUT2D eigenvalue weighted by atomic mass is 9.98. The Labute approximate surface area is 138 Å². The van der Waals surface area contributed by atoms with Crippen LogP contribution >= 0.6 is 0 Å². The van der Waals surface area contributed by atoms with Gasteiger partial charge in [0.2, 0.25) is 0 Å². The zero-order valence-corrected chi connectivity index (χ0v) is 12.6. The van der Waals surface area contributed by atoms with E-state index in [0.29, 0.717) is 22.5 Å². The van der Waals surface area contributed by atoms with Gasteiger partial charge in [-0.3, -0.25) is 0 Å². The molecule has 2 aromatic carbocycles. The van der Waals surface area contributed by atoms with Gasteiger partial charge in [-0.25, -0.2) is 4.98 Å². The number of nitrogens with zero attached hydrogens (tertiary/aromatic N) is 2. The van der Waals surface area contributed by atoms with E-state index < -0.39 is 0 Å². The molecule has 0 aliphatic heterocycles. The predicted molar refractivity (Wildman–Crippen MR) is 92.0 cm³/mol. The van der Waals surface area contributed by atoms with Gasteiger partial charge in [0, 0.05) is 16.8 Å². The van der Waals surface area contributed by atoms with Gasteiger partial charge in [-0.2, -0.15) is 5.26 Å². The molecule has 0 unspecified atom stereocenters. The molecule has 6 N–H and O–H groups in total. The van der Waals surface area contributed by atoms with Gasteiger partial charge in [0.05, 0.1) is 5.69 Å². The fourth-order valence-electron chi connectivity index (χ4n) is 2.40. The summed E-state index contributed by atoms with van der Waals surface area (Å²) in [6.45, 7) is 0. The van der Waals surface area contributed by atoms with Crippen LogP contribution in [0.4, 0.5) is 11.5 Å². The SMILES string of the molecule is N#Cc1c(-c2ccc(O)c(O)c2)cc(-c2ccc(N)cc2)nc1N. The Hall–Kier alpha value is -3.72. The summed E-state index contributed by atoms with van der Waals surface area (Å²) in [5, 5.41) is 28.6. The largest absolute Gasteiger partial charge is 0.504 e. The molecule has 0 amide bonds. The Bertz CT molecular complexity index is 960. The summed E-state index contributed by atoms with van der Waals surface area (Å²) in [5.41, 5.74) is 14.9. The average molecular weight is 318 g/mol. The number of rotatable bonds is 2. The predicted octanol–water partition coefficient (Wildman–Crippen LogP) is 2.86. The number of benzene rings is 2. The summed E-state index contributed by atoms with van der Waals surface area (Å²) >= 11 is 0. The summed E-state index contributed by atoms with van der Waals surface area (Å²) in [6, 6.07) is 15.2. The van der Waals surface area contributed by atoms with Gasteiger partial charge in [-0.05, 0) is 35.9 Å². The van der Waals surface area contributed by atoms with Crippen LogP contribution in [0.1, 0.15) is 5.56 Å². The van der Waals surface area contributed by atoms with Crippen molar-refractivity contribution in [2.45, 2.75) is 0 Å². The van der Waals surface area contributed by atoms with Crippen LogP contribution in [0.15, 0.2) is 48.5 Å². The number of aromatic hydroxyl groups is 2. The zero-order chi connectivity index (χ0) is 17.3. The number of phenols is 2. The Morgan fingerprint density at radius 3 is 2.17 bits per heavy atom. The van der Waals surface area contributed by atoms with Crippen molar-refractivity contribution in [3.63, 3.8) is 0 Å². The minimum absolute atomic E-state index is 0.0920. The van der Waals surface area contributed by atoms with Crippen molar-refractivity contribution in [3.05, 3.63) is 54.1 Å². The molecule has 0 saturated carbocycles. The van der Waals surface area contributed by atoms with Crippen LogP contribution in [0.2, 0.25) is 0 Å². The molecule has 6 nitrogen and oxygen atoms in total. The van der Waals surface area contributed by atoms with E-state index in [0.717, 1.165) is 5.56 Å². The number of anilines is 2. The van der Waals surface area contributed by atoms with Crippen LogP contribution in [-0.4, -0.2) is 15.2 Å². The van der Waals surface area contributed by atoms with Gasteiger partial charge < -0.3 is 21.7 Å². The topological polar surface area (TPSA) is 129 Å². The maximum absolute atomic E-state index is 9.72. The maximum Gasteiger partial charge on any atom is 0.158 e. The molecule has 1 heterocycles. The molecule has 0 radical (unpaired) electrons. The number of aromatic nitrogens is 1. The fourth-order valence-corrected chi connectivity index (χ4v) is 2.40. The molecule has 0 aliphatic carbocycles. The summed E-state index contributed by atoms with van der Waals surface area (Å²) in [6.07, 6.45) is 0. The normalized spacial score (nSPS) is 10.3. The molecular formula is C18H14N4O2. The van der Waals surface area contributed by atoms with Crippen LogP contribution in [0.5, 0.6) is 11.5 Å². The monoisotopic (exact) mass is 318 g/mol. The highest BCUT2D eigenvalue weighted by Gasteiger charge is 2.14. The summed E-state index contributed by atoms with van der Waals surface area (Å²) in [7, 11) is 0. The summed E-state index contributed by atoms with van der Waals surface area (Å²) < 4.78 is 0. The number of nitriles is 1. The molecule has 6 heteroatoms. The highest BCUT2D eigenvalue weighted by molar-refractivity contribution is 5.81. The van der Waals surface area contributed by atoms with Crippen LogP contribution in [-0.2, 0) is 0 Å². The third-order valence-electron chi connectivity index (χ3n) is 3.65. The van der Waals surface area contributed by atoms with E-state index in [2.05, 4.69) is 4.98 Å². The third kappa shape index (κ3) is 2.66. The molecule has 1 aromatic heterocycles. The van der Waals surface area contributed by atoms with Gasteiger partial charge >= 0.3 is 0 Å². The third-order valence-corrected chi connectivity index (χ3v) is 3.65. The molecule has 0 fully saturated rings. The average Bonchev–Trinajstić information content (AvgIpc) is 2.57. The van der Waals surface area contributed by atoms with E-state index in [-0.39, 0.29) is 22.9 Å². The first-order valence-electron chi connectivity index (χ1n) is 7.08. The first-order chi connectivity index (χ1) is 11.5. The number of nitrogen functional groups attached to an aromatic ring is 2. The minimum atomic E-state index is -0.277. The maximum atomic E-state index is 9.72. The van der Waals surface area contributed by atoms with Crippen molar-refractivity contribution in [2.24, 2.45) is 0 Å². The van der Waals surface area contributed by atoms with Gasteiger partial charge in [0.25, 0.3) is 0 Å². The summed E-state index contributed by atoms with van der Waals surface area (Å²) in [4.78, 5) is 4.27. The Kier molecular flexibility index (Phi) is 3.68. The Morgan fingerprint density at radius 1 is 0.875 bits per heavy atom. The van der Waals surface area contributed by atoms with Crippen molar-refractivity contribution in [2.75, 3.05) is 11.5 Å². The molecule has 118 valence electrons. The van der Waals surface area contributed by atoms with Crippen LogP contribution in [0.25, 0.3) is 22.4 Å². The van der Waals surface area contributed by atoms with Crippen LogP contribution in [0.3, 0.4) is 0 Å². The van der Waals surface area contributed by atoms with E-state index >= 15 is 0 Å². The molecule has 24 heavy (non-hydrogen) atoms. The second-order valence-electron chi connectivity index (χ2n) is 5.25.